The molecule has 3 nitrogen and oxygen atoms in total. The Balaban J connectivity index is 2.02. The van der Waals surface area contributed by atoms with Crippen molar-refractivity contribution in [2.45, 2.75) is 19.0 Å². The summed E-state index contributed by atoms with van der Waals surface area (Å²) in [7, 11) is 2.10. The number of nitrogens with zero attached hydrogens (tertiary/aromatic N) is 1. The van der Waals surface area contributed by atoms with Crippen molar-refractivity contribution in [1.82, 2.24) is 4.90 Å². The van der Waals surface area contributed by atoms with E-state index in [4.69, 9.17) is 22.1 Å². The molecule has 1 heterocycles. The molecule has 0 amide bonds. The number of anilines is 1. The summed E-state index contributed by atoms with van der Waals surface area (Å²) in [5, 5.41) is 0.688. The first-order valence-electron chi connectivity index (χ1n) is 5.48. The highest BCUT2D eigenvalue weighted by Gasteiger charge is 2.20. The summed E-state index contributed by atoms with van der Waals surface area (Å²) in [5.74, 6) is 0. The smallest absolute Gasteiger partial charge is 0.0622 e. The number of rotatable bonds is 3. The summed E-state index contributed by atoms with van der Waals surface area (Å²) < 4.78 is 5.37. The van der Waals surface area contributed by atoms with Gasteiger partial charge in [0.2, 0.25) is 0 Å². The second kappa shape index (κ2) is 5.04. The molecule has 1 aliphatic rings. The molecule has 2 N–H and O–H groups in total. The van der Waals surface area contributed by atoms with Crippen molar-refractivity contribution in [1.29, 1.82) is 0 Å². The Morgan fingerprint density at radius 2 is 2.38 bits per heavy atom. The zero-order valence-corrected chi connectivity index (χ0v) is 10.2. The normalized spacial score (nSPS) is 20.6. The molecular weight excluding hydrogens is 224 g/mol. The minimum atomic E-state index is 0.509. The fraction of sp³-hybridized carbons (Fsp3) is 0.500. The molecule has 0 bridgehead atoms. The molecule has 1 aromatic rings. The zero-order chi connectivity index (χ0) is 11.5. The lowest BCUT2D eigenvalue weighted by atomic mass is 10.1. The van der Waals surface area contributed by atoms with Crippen LogP contribution in [0.25, 0.3) is 0 Å². The Bertz CT molecular complexity index is 364. The van der Waals surface area contributed by atoms with Crippen molar-refractivity contribution in [3.63, 3.8) is 0 Å². The van der Waals surface area contributed by atoms with Crippen molar-refractivity contribution < 1.29 is 4.74 Å². The van der Waals surface area contributed by atoms with E-state index < -0.39 is 0 Å². The molecule has 88 valence electrons. The van der Waals surface area contributed by atoms with Crippen LogP contribution in [0.3, 0.4) is 0 Å². The molecule has 1 saturated heterocycles. The summed E-state index contributed by atoms with van der Waals surface area (Å²) in [4.78, 5) is 2.28. The van der Waals surface area contributed by atoms with E-state index in [0.29, 0.717) is 11.1 Å². The molecule has 1 aliphatic heterocycles. The second-order valence-corrected chi connectivity index (χ2v) is 4.71. The summed E-state index contributed by atoms with van der Waals surface area (Å²) in [6.45, 7) is 2.53. The Labute approximate surface area is 101 Å². The third-order valence-electron chi connectivity index (χ3n) is 3.06. The third-order valence-corrected chi connectivity index (χ3v) is 3.29. The van der Waals surface area contributed by atoms with Gasteiger partial charge in [0.15, 0.2) is 0 Å². The lowest BCUT2D eigenvalue weighted by Crippen LogP contribution is -2.31. The number of nitrogen functional groups attached to an aromatic ring is 1. The Morgan fingerprint density at radius 3 is 3.00 bits per heavy atom. The number of hydrogen-bond donors (Lipinski definition) is 1. The largest absolute Gasteiger partial charge is 0.398 e. The van der Waals surface area contributed by atoms with E-state index in [1.807, 2.05) is 12.1 Å². The van der Waals surface area contributed by atoms with Gasteiger partial charge in [0.25, 0.3) is 0 Å². The SMILES string of the molecule is CN(Cc1ccc(Cl)cc1N)C1CCOC1. The summed E-state index contributed by atoms with van der Waals surface area (Å²) >= 11 is 5.87. The molecule has 1 aromatic carbocycles. The maximum atomic E-state index is 5.93. The van der Waals surface area contributed by atoms with Crippen molar-refractivity contribution in [3.8, 4) is 0 Å². The predicted molar refractivity (Wildman–Crippen MR) is 66.6 cm³/mol. The topological polar surface area (TPSA) is 38.5 Å². The number of nitrogens with two attached hydrogens (primary N) is 1. The maximum Gasteiger partial charge on any atom is 0.0622 e. The first kappa shape index (κ1) is 11.7. The molecule has 16 heavy (non-hydrogen) atoms. The quantitative estimate of drug-likeness (QED) is 0.823. The summed E-state index contributed by atoms with van der Waals surface area (Å²) in [6, 6.07) is 6.18. The molecule has 1 atom stereocenters. The summed E-state index contributed by atoms with van der Waals surface area (Å²) in [6.07, 6.45) is 1.10. The Hall–Kier alpha value is -0.770. The third kappa shape index (κ3) is 2.67. The van der Waals surface area contributed by atoms with E-state index >= 15 is 0 Å². The van der Waals surface area contributed by atoms with Crippen LogP contribution in [-0.4, -0.2) is 31.2 Å². The number of ether oxygens (including phenoxy) is 1. The van der Waals surface area contributed by atoms with Gasteiger partial charge < -0.3 is 10.5 Å². The molecule has 1 unspecified atom stereocenters. The van der Waals surface area contributed by atoms with Crippen LogP contribution in [0.1, 0.15) is 12.0 Å². The van der Waals surface area contributed by atoms with Gasteiger partial charge in [-0.1, -0.05) is 17.7 Å². The highest BCUT2D eigenvalue weighted by atomic mass is 35.5. The second-order valence-electron chi connectivity index (χ2n) is 4.28. The van der Waals surface area contributed by atoms with Crippen LogP contribution in [-0.2, 0) is 11.3 Å². The van der Waals surface area contributed by atoms with E-state index in [1.54, 1.807) is 6.07 Å². The van der Waals surface area contributed by atoms with Crippen LogP contribution in [0.2, 0.25) is 5.02 Å². The number of halogens is 1. The van der Waals surface area contributed by atoms with Gasteiger partial charge in [-0.3, -0.25) is 4.90 Å². The average Bonchev–Trinajstić information content (AvgIpc) is 2.75. The van der Waals surface area contributed by atoms with Crippen molar-refractivity contribution in [2.75, 3.05) is 26.0 Å². The van der Waals surface area contributed by atoms with Gasteiger partial charge in [-0.25, -0.2) is 0 Å². The van der Waals surface area contributed by atoms with Gasteiger partial charge in [0.05, 0.1) is 6.61 Å². The average molecular weight is 241 g/mol. The number of hydrogen-bond acceptors (Lipinski definition) is 3. The molecular formula is C12H17ClN2O. The van der Waals surface area contributed by atoms with Crippen LogP contribution in [0, 0.1) is 0 Å². The van der Waals surface area contributed by atoms with E-state index in [2.05, 4.69) is 11.9 Å². The van der Waals surface area contributed by atoms with E-state index in [-0.39, 0.29) is 0 Å². The maximum absolute atomic E-state index is 5.93. The van der Waals surface area contributed by atoms with Crippen molar-refractivity contribution >= 4 is 17.3 Å². The molecule has 0 saturated carbocycles. The van der Waals surface area contributed by atoms with Gasteiger partial charge in [-0.15, -0.1) is 0 Å². The van der Waals surface area contributed by atoms with Crippen molar-refractivity contribution in [3.05, 3.63) is 28.8 Å². The van der Waals surface area contributed by atoms with Gasteiger partial charge in [0.1, 0.15) is 0 Å². The molecule has 2 rings (SSSR count). The standard InChI is InChI=1S/C12H17ClN2O/c1-15(11-4-5-16-8-11)7-9-2-3-10(13)6-12(9)14/h2-3,6,11H,4-5,7-8,14H2,1H3. The highest BCUT2D eigenvalue weighted by Crippen LogP contribution is 2.21. The van der Waals surface area contributed by atoms with Crippen LogP contribution in [0.5, 0.6) is 0 Å². The zero-order valence-electron chi connectivity index (χ0n) is 9.45. The lowest BCUT2D eigenvalue weighted by molar-refractivity contribution is 0.156. The fourth-order valence-corrected chi connectivity index (χ4v) is 2.16. The highest BCUT2D eigenvalue weighted by molar-refractivity contribution is 6.30. The molecule has 0 radical (unpaired) electrons. The van der Waals surface area contributed by atoms with Gasteiger partial charge >= 0.3 is 0 Å². The molecule has 0 aliphatic carbocycles. The van der Waals surface area contributed by atoms with Crippen LogP contribution in [0.4, 0.5) is 5.69 Å². The summed E-state index contributed by atoms with van der Waals surface area (Å²) in [5.41, 5.74) is 7.81. The minimum absolute atomic E-state index is 0.509. The number of benzene rings is 1. The van der Waals surface area contributed by atoms with Gasteiger partial charge in [-0.2, -0.15) is 0 Å². The van der Waals surface area contributed by atoms with Crippen LogP contribution >= 0.6 is 11.6 Å². The molecule has 4 heteroatoms. The Morgan fingerprint density at radius 1 is 1.56 bits per heavy atom. The van der Waals surface area contributed by atoms with Crippen LogP contribution in [0.15, 0.2) is 18.2 Å². The van der Waals surface area contributed by atoms with Gasteiger partial charge in [0, 0.05) is 29.9 Å². The van der Waals surface area contributed by atoms with E-state index in [0.717, 1.165) is 37.4 Å². The monoisotopic (exact) mass is 240 g/mol. The van der Waals surface area contributed by atoms with Gasteiger partial charge in [-0.05, 0) is 31.2 Å². The lowest BCUT2D eigenvalue weighted by Gasteiger charge is -2.23. The fourth-order valence-electron chi connectivity index (χ4n) is 1.98. The minimum Gasteiger partial charge on any atom is -0.398 e. The predicted octanol–water partition coefficient (Wildman–Crippen LogP) is 2.14. The van der Waals surface area contributed by atoms with E-state index in [9.17, 15) is 0 Å². The molecule has 0 aromatic heterocycles. The first-order valence-corrected chi connectivity index (χ1v) is 5.86. The molecule has 1 fully saturated rings. The molecule has 0 spiro atoms. The Kier molecular flexibility index (Phi) is 3.69. The van der Waals surface area contributed by atoms with Crippen molar-refractivity contribution in [2.24, 2.45) is 0 Å². The first-order chi connectivity index (χ1) is 7.66. The van der Waals surface area contributed by atoms with Crippen LogP contribution < -0.4 is 5.73 Å². The number of likely N-dealkylation sites (N-methyl/N-ethyl adjacent to an activating group) is 1. The van der Waals surface area contributed by atoms with E-state index in [1.165, 1.54) is 0 Å².